The van der Waals surface area contributed by atoms with Gasteiger partial charge in [-0.3, -0.25) is 0 Å². The molecule has 6 nitrogen and oxygen atoms in total. The number of hydrogen-bond acceptors (Lipinski definition) is 5. The van der Waals surface area contributed by atoms with E-state index in [9.17, 15) is 7.84 Å². The first-order valence-corrected chi connectivity index (χ1v) is 8.68. The Morgan fingerprint density at radius 1 is 0.947 bits per heavy atom. The molecule has 0 bridgehead atoms. The van der Waals surface area contributed by atoms with Gasteiger partial charge in [0, 0.05) is 0 Å². The van der Waals surface area contributed by atoms with Crippen molar-refractivity contribution in [1.82, 2.24) is 0 Å². The molecular formula is C12H11AsN3O3-. The van der Waals surface area contributed by atoms with Crippen LogP contribution in [0.5, 0.6) is 0 Å². The van der Waals surface area contributed by atoms with Crippen molar-refractivity contribution in [3.05, 3.63) is 48.5 Å². The molecule has 19 heavy (non-hydrogen) atoms. The number of nitrogens with two attached hydrogens (primary N) is 1. The molecule has 0 aliphatic carbocycles. The van der Waals surface area contributed by atoms with Crippen molar-refractivity contribution in [3.8, 4) is 0 Å². The van der Waals surface area contributed by atoms with Gasteiger partial charge in [-0.15, -0.1) is 0 Å². The van der Waals surface area contributed by atoms with Gasteiger partial charge in [0.25, 0.3) is 0 Å². The van der Waals surface area contributed by atoms with Gasteiger partial charge in [0.15, 0.2) is 0 Å². The van der Waals surface area contributed by atoms with Gasteiger partial charge < -0.3 is 0 Å². The first-order valence-electron chi connectivity index (χ1n) is 5.37. The summed E-state index contributed by atoms with van der Waals surface area (Å²) in [5.74, 6) is 0. The zero-order valence-electron chi connectivity index (χ0n) is 9.80. The number of benzene rings is 2. The molecule has 1 unspecified atom stereocenters. The second-order valence-electron chi connectivity index (χ2n) is 3.83. The third-order valence-electron chi connectivity index (χ3n) is 2.35. The average molecular weight is 320 g/mol. The van der Waals surface area contributed by atoms with Crippen LogP contribution in [0.4, 0.5) is 17.1 Å². The third-order valence-corrected chi connectivity index (χ3v) is 4.34. The maximum atomic E-state index is 10.9. The fourth-order valence-electron chi connectivity index (χ4n) is 1.36. The van der Waals surface area contributed by atoms with Crippen LogP contribution in [0.15, 0.2) is 58.8 Å². The van der Waals surface area contributed by atoms with Crippen molar-refractivity contribution >= 4 is 35.6 Å². The van der Waals surface area contributed by atoms with Crippen molar-refractivity contribution in [3.63, 3.8) is 0 Å². The van der Waals surface area contributed by atoms with Gasteiger partial charge in [-0.25, -0.2) is 0 Å². The number of hydrogen-bond donors (Lipinski definition) is 2. The molecule has 0 radical (unpaired) electrons. The maximum absolute atomic E-state index is 10.9. The van der Waals surface area contributed by atoms with E-state index >= 15 is 0 Å². The molecule has 2 aromatic carbocycles. The van der Waals surface area contributed by atoms with E-state index in [0.29, 0.717) is 17.1 Å². The summed E-state index contributed by atoms with van der Waals surface area (Å²) in [7, 11) is 0. The summed E-state index contributed by atoms with van der Waals surface area (Å²) in [5.41, 5.74) is 7.31. The minimum atomic E-state index is -5.07. The molecule has 0 spiro atoms. The van der Waals surface area contributed by atoms with E-state index in [1.807, 2.05) is 0 Å². The quantitative estimate of drug-likeness (QED) is 0.490. The number of nitrogens with zero attached hydrogens (tertiary/aromatic N) is 2. The second kappa shape index (κ2) is 5.40. The SMILES string of the molecule is Nc1ccc(N=Nc2ccc([As](=O)([O-])O)cc2)cc1. The monoisotopic (exact) mass is 320 g/mol. The van der Waals surface area contributed by atoms with Crippen LogP contribution < -0.4 is 14.2 Å². The molecule has 2 rings (SSSR count). The van der Waals surface area contributed by atoms with Crippen LogP contribution in [0.2, 0.25) is 0 Å². The summed E-state index contributed by atoms with van der Waals surface area (Å²) in [4.78, 5) is 0. The van der Waals surface area contributed by atoms with Crippen LogP contribution >= 0.6 is 0 Å². The predicted octanol–water partition coefficient (Wildman–Crippen LogP) is 0.613. The van der Waals surface area contributed by atoms with Gasteiger partial charge in [0.1, 0.15) is 0 Å². The molecular weight excluding hydrogens is 309 g/mol. The molecule has 0 fully saturated rings. The Morgan fingerprint density at radius 2 is 1.37 bits per heavy atom. The van der Waals surface area contributed by atoms with Crippen LogP contribution in [0.3, 0.4) is 0 Å². The third kappa shape index (κ3) is 3.79. The molecule has 0 aromatic heterocycles. The normalized spacial score (nSPS) is 14.4. The number of anilines is 1. The van der Waals surface area contributed by atoms with Gasteiger partial charge >= 0.3 is 112 Å². The van der Waals surface area contributed by atoms with E-state index in [1.54, 1.807) is 24.3 Å². The van der Waals surface area contributed by atoms with Crippen LogP contribution in [-0.4, -0.2) is 18.3 Å². The molecule has 1 atom stereocenters. The Morgan fingerprint density at radius 3 is 1.79 bits per heavy atom. The summed E-state index contributed by atoms with van der Waals surface area (Å²) in [6, 6.07) is 12.4. The fourth-order valence-corrected chi connectivity index (χ4v) is 2.47. The van der Waals surface area contributed by atoms with Crippen molar-refractivity contribution < 1.29 is 11.9 Å². The average Bonchev–Trinajstić information content (AvgIpc) is 2.37. The molecule has 0 aliphatic heterocycles. The van der Waals surface area contributed by atoms with Gasteiger partial charge in [0.05, 0.1) is 0 Å². The minimum absolute atomic E-state index is 0.0930. The fraction of sp³-hybridized carbons (Fsp3) is 0. The zero-order chi connectivity index (χ0) is 13.9. The molecule has 7 heteroatoms. The van der Waals surface area contributed by atoms with Gasteiger partial charge in [-0.05, 0) is 0 Å². The second-order valence-corrected chi connectivity index (χ2v) is 7.10. The summed E-state index contributed by atoms with van der Waals surface area (Å²) in [6.45, 7) is 0. The Labute approximate surface area is 112 Å². The number of azo groups is 1. The van der Waals surface area contributed by atoms with E-state index in [4.69, 9.17) is 9.83 Å². The van der Waals surface area contributed by atoms with Crippen molar-refractivity contribution in [1.29, 1.82) is 0 Å². The molecule has 2 aromatic rings. The molecule has 0 heterocycles. The topological polar surface area (TPSA) is 111 Å². The van der Waals surface area contributed by atoms with E-state index < -0.39 is 14.2 Å². The van der Waals surface area contributed by atoms with Gasteiger partial charge in [-0.2, -0.15) is 0 Å². The van der Waals surface area contributed by atoms with Gasteiger partial charge in [0.2, 0.25) is 0 Å². The Bertz CT molecular complexity index is 632. The molecule has 0 aliphatic rings. The standard InChI is InChI=1S/C12H12AsN3O3/c14-10-3-7-12(8-4-10)16-15-11-5-1-9(2-6-11)13(17,18)19/h1-8H,14H2,(H2,17,18,19)/p-1. The van der Waals surface area contributed by atoms with Gasteiger partial charge in [-0.1, -0.05) is 0 Å². The first-order chi connectivity index (χ1) is 8.95. The zero-order valence-corrected chi connectivity index (χ0v) is 11.7. The summed E-state index contributed by atoms with van der Waals surface area (Å²) < 4.78 is 30.7. The van der Waals surface area contributed by atoms with E-state index in [-0.39, 0.29) is 4.35 Å². The predicted molar refractivity (Wildman–Crippen MR) is 69.8 cm³/mol. The first kappa shape index (κ1) is 13.5. The van der Waals surface area contributed by atoms with E-state index in [2.05, 4.69) is 10.2 Å². The summed E-state index contributed by atoms with van der Waals surface area (Å²) in [6.07, 6.45) is 0. The molecule has 98 valence electrons. The summed E-state index contributed by atoms with van der Waals surface area (Å²) >= 11 is -5.07. The molecule has 3 N–H and O–H groups in total. The van der Waals surface area contributed by atoms with Crippen LogP contribution in [0.1, 0.15) is 0 Å². The van der Waals surface area contributed by atoms with E-state index in [0.717, 1.165) is 0 Å². The van der Waals surface area contributed by atoms with Crippen LogP contribution in [0, 0.1) is 0 Å². The number of rotatable bonds is 3. The molecule has 0 saturated carbocycles. The van der Waals surface area contributed by atoms with Crippen molar-refractivity contribution in [2.24, 2.45) is 10.2 Å². The summed E-state index contributed by atoms with van der Waals surface area (Å²) in [5, 5.41) is 7.92. The number of nitrogen functional groups attached to an aromatic ring is 1. The molecule has 0 amide bonds. The molecule has 0 saturated heterocycles. The van der Waals surface area contributed by atoms with E-state index in [1.165, 1.54) is 24.3 Å². The van der Waals surface area contributed by atoms with Crippen LogP contribution in [0.25, 0.3) is 0 Å². The Kier molecular flexibility index (Phi) is 3.85. The van der Waals surface area contributed by atoms with Crippen molar-refractivity contribution in [2.45, 2.75) is 0 Å². The van der Waals surface area contributed by atoms with Crippen molar-refractivity contribution in [2.75, 3.05) is 5.73 Å². The Balaban J connectivity index is 2.15. The van der Waals surface area contributed by atoms with Crippen LogP contribution in [-0.2, 0) is 3.74 Å². The Hall–Kier alpha value is -1.88.